The summed E-state index contributed by atoms with van der Waals surface area (Å²) >= 11 is 0. The number of fused-ring (bicyclic) bond motifs is 1. The zero-order valence-electron chi connectivity index (χ0n) is 12.9. The molecule has 0 saturated heterocycles. The van der Waals surface area contributed by atoms with Gasteiger partial charge in [-0.05, 0) is 23.3 Å². The Morgan fingerprint density at radius 2 is 1.41 bits per heavy atom. The molecular formula is C17H23NaO3S. The topological polar surface area (TPSA) is 43.4 Å². The maximum atomic E-state index is 12.6. The number of rotatable bonds is 5. The van der Waals surface area contributed by atoms with E-state index in [1.54, 1.807) is 12.1 Å². The van der Waals surface area contributed by atoms with Gasteiger partial charge in [0.15, 0.2) is 0 Å². The van der Waals surface area contributed by atoms with Crippen LogP contribution in [-0.2, 0) is 14.3 Å². The molecule has 2 rings (SSSR count). The normalized spacial score (nSPS) is 12.1. The zero-order chi connectivity index (χ0) is 15.6. The molecule has 0 atom stereocenters. The second-order valence-electron chi connectivity index (χ2n) is 5.98. The van der Waals surface area contributed by atoms with E-state index in [4.69, 9.17) is 4.18 Å². The van der Waals surface area contributed by atoms with Crippen molar-refractivity contribution >= 4 is 50.4 Å². The zero-order valence-corrected chi connectivity index (χ0v) is 13.7. The van der Waals surface area contributed by atoms with Gasteiger partial charge in [-0.25, -0.2) is 0 Å². The Morgan fingerprint density at radius 1 is 0.864 bits per heavy atom. The molecule has 2 aromatic rings. The van der Waals surface area contributed by atoms with Gasteiger partial charge in [0.1, 0.15) is 4.90 Å². The summed E-state index contributed by atoms with van der Waals surface area (Å²) < 4.78 is 30.8. The first kappa shape index (κ1) is 19.7. The van der Waals surface area contributed by atoms with Gasteiger partial charge in [-0.2, -0.15) is 8.42 Å². The van der Waals surface area contributed by atoms with E-state index in [1.165, 1.54) is 0 Å². The first-order valence-corrected chi connectivity index (χ1v) is 8.65. The third-order valence-electron chi connectivity index (χ3n) is 3.57. The molecule has 0 bridgehead atoms. The van der Waals surface area contributed by atoms with Gasteiger partial charge in [0.25, 0.3) is 10.1 Å². The van der Waals surface area contributed by atoms with Crippen LogP contribution in [0.25, 0.3) is 10.8 Å². The van der Waals surface area contributed by atoms with Crippen LogP contribution in [0.1, 0.15) is 27.7 Å². The van der Waals surface area contributed by atoms with Gasteiger partial charge in [0.2, 0.25) is 0 Å². The summed E-state index contributed by atoms with van der Waals surface area (Å²) in [4.78, 5) is 0.243. The summed E-state index contributed by atoms with van der Waals surface area (Å²) in [6.45, 7) is 7.90. The van der Waals surface area contributed by atoms with Crippen LogP contribution in [0.3, 0.4) is 0 Å². The molecule has 0 fully saturated rings. The van der Waals surface area contributed by atoms with E-state index in [9.17, 15) is 8.42 Å². The van der Waals surface area contributed by atoms with Crippen molar-refractivity contribution in [3.8, 4) is 0 Å². The van der Waals surface area contributed by atoms with Crippen LogP contribution in [0, 0.1) is 11.8 Å². The summed E-state index contributed by atoms with van der Waals surface area (Å²) in [6.07, 6.45) is -0.325. The Hall–Kier alpha value is -0.390. The van der Waals surface area contributed by atoms with Crippen LogP contribution in [0.5, 0.6) is 0 Å². The van der Waals surface area contributed by atoms with Crippen molar-refractivity contribution in [3.63, 3.8) is 0 Å². The second kappa shape index (κ2) is 7.93. The molecule has 0 aliphatic heterocycles. The molecule has 22 heavy (non-hydrogen) atoms. The summed E-state index contributed by atoms with van der Waals surface area (Å²) in [6, 6.07) is 12.7. The molecule has 0 aromatic heterocycles. The summed E-state index contributed by atoms with van der Waals surface area (Å²) in [5.41, 5.74) is 0. The van der Waals surface area contributed by atoms with Gasteiger partial charge in [0.05, 0.1) is 6.10 Å². The van der Waals surface area contributed by atoms with Crippen LogP contribution in [0.2, 0.25) is 0 Å². The Labute approximate surface area is 155 Å². The molecule has 3 nitrogen and oxygen atoms in total. The molecule has 5 heteroatoms. The molecule has 0 spiro atoms. The maximum absolute atomic E-state index is 12.6. The van der Waals surface area contributed by atoms with Crippen molar-refractivity contribution in [2.45, 2.75) is 38.7 Å². The van der Waals surface area contributed by atoms with Gasteiger partial charge >= 0.3 is 29.6 Å². The van der Waals surface area contributed by atoms with Gasteiger partial charge in [-0.3, -0.25) is 4.18 Å². The molecular weight excluding hydrogens is 307 g/mol. The second-order valence-corrected chi connectivity index (χ2v) is 7.52. The minimum atomic E-state index is -3.78. The quantitative estimate of drug-likeness (QED) is 0.622. The fourth-order valence-corrected chi connectivity index (χ4v) is 4.14. The Bertz CT molecular complexity index is 710. The van der Waals surface area contributed by atoms with E-state index >= 15 is 0 Å². The molecule has 0 saturated carbocycles. The van der Waals surface area contributed by atoms with Gasteiger partial charge in [0, 0.05) is 5.39 Å². The molecule has 116 valence electrons. The molecule has 0 unspecified atom stereocenters. The fraction of sp³-hybridized carbons (Fsp3) is 0.412. The SMILES string of the molecule is CC(C)C(OS(=O)(=O)c1cccc2ccccc12)C(C)C.[NaH]. The first-order chi connectivity index (χ1) is 9.83. The van der Waals surface area contributed by atoms with Crippen molar-refractivity contribution < 1.29 is 12.6 Å². The number of hydrogen-bond acceptors (Lipinski definition) is 3. The van der Waals surface area contributed by atoms with Crippen LogP contribution >= 0.6 is 0 Å². The van der Waals surface area contributed by atoms with Crippen LogP contribution in [0.4, 0.5) is 0 Å². The number of benzene rings is 2. The Balaban J connectivity index is 0.00000242. The van der Waals surface area contributed by atoms with Crippen LogP contribution in [0.15, 0.2) is 47.4 Å². The van der Waals surface area contributed by atoms with Crippen LogP contribution < -0.4 is 0 Å². The van der Waals surface area contributed by atoms with Gasteiger partial charge in [-0.15, -0.1) is 0 Å². The predicted molar refractivity (Wildman–Crippen MR) is 92.8 cm³/mol. The average Bonchev–Trinajstić information content (AvgIpc) is 2.43. The molecule has 0 aliphatic rings. The van der Waals surface area contributed by atoms with Gasteiger partial charge in [-0.1, -0.05) is 64.1 Å². The van der Waals surface area contributed by atoms with E-state index in [0.29, 0.717) is 5.39 Å². The van der Waals surface area contributed by atoms with Crippen molar-refractivity contribution in [2.24, 2.45) is 11.8 Å². The van der Waals surface area contributed by atoms with Crippen molar-refractivity contribution in [2.75, 3.05) is 0 Å². The monoisotopic (exact) mass is 330 g/mol. The summed E-state index contributed by atoms with van der Waals surface area (Å²) in [5.74, 6) is 0.268. The van der Waals surface area contributed by atoms with Crippen LogP contribution in [-0.4, -0.2) is 44.1 Å². The van der Waals surface area contributed by atoms with E-state index < -0.39 is 10.1 Å². The van der Waals surface area contributed by atoms with Crippen molar-refractivity contribution in [3.05, 3.63) is 42.5 Å². The fourth-order valence-electron chi connectivity index (χ4n) is 2.60. The molecule has 0 amide bonds. The third-order valence-corrected chi connectivity index (χ3v) is 4.94. The van der Waals surface area contributed by atoms with E-state index in [-0.39, 0.29) is 52.4 Å². The molecule has 0 aliphatic carbocycles. The standard InChI is InChI=1S/C17H22O3S.Na.H/c1-12(2)17(13(3)4)20-21(18,19)16-11-7-9-14-8-5-6-10-15(14)16;;/h5-13,17H,1-4H3;;. The minimum absolute atomic E-state index is 0. The molecule has 0 heterocycles. The third kappa shape index (κ3) is 4.33. The van der Waals surface area contributed by atoms with Crippen molar-refractivity contribution in [1.29, 1.82) is 0 Å². The summed E-state index contributed by atoms with van der Waals surface area (Å²) in [7, 11) is -3.78. The average molecular weight is 330 g/mol. The van der Waals surface area contributed by atoms with Gasteiger partial charge < -0.3 is 0 Å². The molecule has 0 radical (unpaired) electrons. The Morgan fingerprint density at radius 3 is 2.00 bits per heavy atom. The van der Waals surface area contributed by atoms with Crippen molar-refractivity contribution in [1.82, 2.24) is 0 Å². The Kier molecular flexibility index (Phi) is 7.09. The predicted octanol–water partition coefficient (Wildman–Crippen LogP) is 3.58. The number of hydrogen-bond donors (Lipinski definition) is 0. The van der Waals surface area contributed by atoms with E-state index in [0.717, 1.165) is 5.39 Å². The molecule has 2 aromatic carbocycles. The molecule has 0 N–H and O–H groups in total. The van der Waals surface area contributed by atoms with E-state index in [1.807, 2.05) is 58.0 Å². The first-order valence-electron chi connectivity index (χ1n) is 7.24. The summed E-state index contributed by atoms with van der Waals surface area (Å²) in [5, 5.41) is 1.60. The van der Waals surface area contributed by atoms with E-state index in [2.05, 4.69) is 0 Å².